The third kappa shape index (κ3) is 3.19. The molecule has 4 rings (SSSR count). The Morgan fingerprint density at radius 3 is 2.88 bits per heavy atom. The predicted molar refractivity (Wildman–Crippen MR) is 89.0 cm³/mol. The number of carbonyl (C=O) groups is 1. The van der Waals surface area contributed by atoms with Crippen molar-refractivity contribution in [2.75, 3.05) is 13.1 Å². The summed E-state index contributed by atoms with van der Waals surface area (Å²) in [6.45, 7) is 3.85. The van der Waals surface area contributed by atoms with Gasteiger partial charge in [0, 0.05) is 18.2 Å². The maximum atomic E-state index is 12.1. The minimum absolute atomic E-state index is 0.0256. The second-order valence-corrected chi connectivity index (χ2v) is 6.92. The number of rotatable bonds is 5. The summed E-state index contributed by atoms with van der Waals surface area (Å²) in [5, 5.41) is 6.86. The fraction of sp³-hybridized carbons (Fsp3) is 0.500. The van der Waals surface area contributed by atoms with Crippen molar-refractivity contribution in [3.63, 3.8) is 0 Å². The summed E-state index contributed by atoms with van der Waals surface area (Å²) < 4.78 is 5.23. The summed E-state index contributed by atoms with van der Waals surface area (Å²) in [6.07, 6.45) is 3.82. The van der Waals surface area contributed by atoms with E-state index in [9.17, 15) is 4.79 Å². The molecule has 1 aliphatic heterocycles. The molecular weight excluding hydrogens is 304 g/mol. The van der Waals surface area contributed by atoms with E-state index in [4.69, 9.17) is 4.52 Å². The SMILES string of the molecule is Cc1ccc(-c2noc(CNC(=O)CN3C[C@H]4CC[C@@H]3C4)n2)cc1. The molecule has 1 aromatic heterocycles. The average molecular weight is 326 g/mol. The number of carbonyl (C=O) groups excluding carboxylic acids is 1. The van der Waals surface area contributed by atoms with Gasteiger partial charge in [-0.1, -0.05) is 35.0 Å². The van der Waals surface area contributed by atoms with Crippen molar-refractivity contribution < 1.29 is 9.32 Å². The molecule has 24 heavy (non-hydrogen) atoms. The Balaban J connectivity index is 1.30. The van der Waals surface area contributed by atoms with Crippen molar-refractivity contribution in [1.82, 2.24) is 20.4 Å². The van der Waals surface area contributed by atoms with Gasteiger partial charge in [-0.3, -0.25) is 9.69 Å². The molecule has 2 fully saturated rings. The minimum atomic E-state index is 0.0256. The van der Waals surface area contributed by atoms with E-state index in [1.54, 1.807) is 0 Å². The van der Waals surface area contributed by atoms with Crippen molar-refractivity contribution >= 4 is 5.91 Å². The van der Waals surface area contributed by atoms with Crippen LogP contribution in [0.5, 0.6) is 0 Å². The van der Waals surface area contributed by atoms with Crippen LogP contribution in [0, 0.1) is 12.8 Å². The number of aromatic nitrogens is 2. The lowest BCUT2D eigenvalue weighted by Gasteiger charge is -2.25. The molecule has 0 radical (unpaired) electrons. The third-order valence-electron chi connectivity index (χ3n) is 5.08. The highest BCUT2D eigenvalue weighted by molar-refractivity contribution is 5.78. The highest BCUT2D eigenvalue weighted by atomic mass is 16.5. The van der Waals surface area contributed by atoms with E-state index in [1.165, 1.54) is 24.8 Å². The highest BCUT2D eigenvalue weighted by Gasteiger charge is 2.38. The zero-order chi connectivity index (χ0) is 16.5. The largest absolute Gasteiger partial charge is 0.346 e. The van der Waals surface area contributed by atoms with E-state index in [-0.39, 0.29) is 12.5 Å². The molecule has 1 aromatic carbocycles. The van der Waals surface area contributed by atoms with Gasteiger partial charge in [0.15, 0.2) is 0 Å². The van der Waals surface area contributed by atoms with Gasteiger partial charge in [-0.05, 0) is 32.1 Å². The van der Waals surface area contributed by atoms with Crippen molar-refractivity contribution in [1.29, 1.82) is 0 Å². The monoisotopic (exact) mass is 326 g/mol. The molecule has 2 heterocycles. The lowest BCUT2D eigenvalue weighted by molar-refractivity contribution is -0.122. The van der Waals surface area contributed by atoms with Gasteiger partial charge in [-0.15, -0.1) is 0 Å². The Hall–Kier alpha value is -2.21. The predicted octanol–water partition coefficient (Wildman–Crippen LogP) is 2.15. The zero-order valence-electron chi connectivity index (χ0n) is 13.9. The quantitative estimate of drug-likeness (QED) is 0.911. The fourth-order valence-electron chi connectivity index (χ4n) is 3.78. The van der Waals surface area contributed by atoms with Crippen molar-refractivity contribution in [3.8, 4) is 11.4 Å². The van der Waals surface area contributed by atoms with Gasteiger partial charge < -0.3 is 9.84 Å². The molecule has 1 saturated carbocycles. The molecule has 2 atom stereocenters. The Kier molecular flexibility index (Phi) is 4.06. The normalized spacial score (nSPS) is 22.9. The first-order valence-electron chi connectivity index (χ1n) is 8.58. The van der Waals surface area contributed by atoms with Gasteiger partial charge in [0.05, 0.1) is 13.1 Å². The van der Waals surface area contributed by atoms with Crippen LogP contribution < -0.4 is 5.32 Å². The summed E-state index contributed by atoms with van der Waals surface area (Å²) in [7, 11) is 0. The molecule has 0 unspecified atom stereocenters. The van der Waals surface area contributed by atoms with Crippen LogP contribution in [0.4, 0.5) is 0 Å². The molecule has 1 amide bonds. The number of nitrogens with zero attached hydrogens (tertiary/aromatic N) is 3. The standard InChI is InChI=1S/C18H22N4O2/c1-12-2-5-14(6-3-12)18-20-17(24-21-18)9-19-16(23)11-22-10-13-4-7-15(22)8-13/h2-3,5-6,13,15H,4,7-11H2,1H3,(H,19,23)/t13-,15+/m0/s1. The van der Waals surface area contributed by atoms with E-state index in [0.717, 1.165) is 18.0 Å². The minimum Gasteiger partial charge on any atom is -0.346 e. The number of fused-ring (bicyclic) bond motifs is 2. The number of likely N-dealkylation sites (tertiary alicyclic amines) is 1. The van der Waals surface area contributed by atoms with Gasteiger partial charge in [0.1, 0.15) is 0 Å². The van der Waals surface area contributed by atoms with Crippen LogP contribution in [0.3, 0.4) is 0 Å². The van der Waals surface area contributed by atoms with E-state index < -0.39 is 0 Å². The van der Waals surface area contributed by atoms with Crippen LogP contribution in [0.2, 0.25) is 0 Å². The van der Waals surface area contributed by atoms with E-state index in [2.05, 4.69) is 20.4 Å². The number of benzene rings is 1. The second kappa shape index (κ2) is 6.36. The molecule has 1 saturated heterocycles. The molecular formula is C18H22N4O2. The fourth-order valence-corrected chi connectivity index (χ4v) is 3.78. The molecule has 6 heteroatoms. The average Bonchev–Trinajstić information content (AvgIpc) is 3.30. The number of nitrogens with one attached hydrogen (secondary N) is 1. The summed E-state index contributed by atoms with van der Waals surface area (Å²) in [5.74, 6) is 1.81. The second-order valence-electron chi connectivity index (χ2n) is 6.92. The first kappa shape index (κ1) is 15.3. The van der Waals surface area contributed by atoms with Gasteiger partial charge in [-0.2, -0.15) is 4.98 Å². The summed E-state index contributed by atoms with van der Waals surface area (Å²) >= 11 is 0. The van der Waals surface area contributed by atoms with E-state index in [0.29, 0.717) is 24.3 Å². The smallest absolute Gasteiger partial charge is 0.246 e. The van der Waals surface area contributed by atoms with Gasteiger partial charge in [0.2, 0.25) is 17.6 Å². The Morgan fingerprint density at radius 1 is 1.33 bits per heavy atom. The lowest BCUT2D eigenvalue weighted by Crippen LogP contribution is -2.41. The van der Waals surface area contributed by atoms with Crippen molar-refractivity contribution in [2.45, 2.75) is 38.8 Å². The highest BCUT2D eigenvalue weighted by Crippen LogP contribution is 2.36. The number of hydrogen-bond acceptors (Lipinski definition) is 5. The number of amides is 1. The Bertz CT molecular complexity index is 725. The topological polar surface area (TPSA) is 71.3 Å². The Morgan fingerprint density at radius 2 is 2.17 bits per heavy atom. The van der Waals surface area contributed by atoms with Gasteiger partial charge in [0.25, 0.3) is 0 Å². The Labute approximate surface area is 141 Å². The summed E-state index contributed by atoms with van der Waals surface area (Å²) in [5.41, 5.74) is 2.10. The van der Waals surface area contributed by atoms with Crippen molar-refractivity contribution in [3.05, 3.63) is 35.7 Å². The van der Waals surface area contributed by atoms with Crippen LogP contribution in [-0.4, -0.2) is 40.1 Å². The van der Waals surface area contributed by atoms with Gasteiger partial charge >= 0.3 is 0 Å². The maximum Gasteiger partial charge on any atom is 0.246 e. The zero-order valence-corrected chi connectivity index (χ0v) is 13.9. The molecule has 1 N–H and O–H groups in total. The maximum absolute atomic E-state index is 12.1. The first-order valence-corrected chi connectivity index (χ1v) is 8.58. The van der Waals surface area contributed by atoms with E-state index >= 15 is 0 Å². The van der Waals surface area contributed by atoms with Crippen LogP contribution in [-0.2, 0) is 11.3 Å². The lowest BCUT2D eigenvalue weighted by atomic mass is 10.1. The van der Waals surface area contributed by atoms with Crippen LogP contribution in [0.15, 0.2) is 28.8 Å². The summed E-state index contributed by atoms with van der Waals surface area (Å²) in [4.78, 5) is 18.8. The van der Waals surface area contributed by atoms with Crippen LogP contribution >= 0.6 is 0 Å². The molecule has 2 aliphatic rings. The molecule has 6 nitrogen and oxygen atoms in total. The first-order chi connectivity index (χ1) is 11.7. The van der Waals surface area contributed by atoms with E-state index in [1.807, 2.05) is 31.2 Å². The molecule has 0 spiro atoms. The van der Waals surface area contributed by atoms with Gasteiger partial charge in [-0.25, -0.2) is 0 Å². The molecule has 126 valence electrons. The molecule has 2 bridgehead atoms. The van der Waals surface area contributed by atoms with Crippen molar-refractivity contribution in [2.24, 2.45) is 5.92 Å². The molecule has 1 aliphatic carbocycles. The van der Waals surface area contributed by atoms with Crippen LogP contribution in [0.1, 0.15) is 30.7 Å². The molecule has 2 aromatic rings. The number of piperidine rings is 1. The third-order valence-corrected chi connectivity index (χ3v) is 5.08. The van der Waals surface area contributed by atoms with Crippen LogP contribution in [0.25, 0.3) is 11.4 Å². The summed E-state index contributed by atoms with van der Waals surface area (Å²) in [6, 6.07) is 8.56. The number of hydrogen-bond donors (Lipinski definition) is 1. The number of aryl methyl sites for hydroxylation is 1.